The van der Waals surface area contributed by atoms with Gasteiger partial charge in [0.05, 0.1) is 0 Å². The zero-order valence-corrected chi connectivity index (χ0v) is 10.4. The second kappa shape index (κ2) is 5.58. The molecule has 0 fully saturated rings. The highest BCUT2D eigenvalue weighted by Crippen LogP contribution is 2.25. The van der Waals surface area contributed by atoms with Crippen molar-refractivity contribution in [2.24, 2.45) is 0 Å². The van der Waals surface area contributed by atoms with Gasteiger partial charge in [0.2, 0.25) is 0 Å². The first-order valence-electron chi connectivity index (χ1n) is 5.36. The quantitative estimate of drug-likeness (QED) is 0.939. The van der Waals surface area contributed by atoms with E-state index in [1.54, 1.807) is 11.6 Å². The molecule has 0 bridgehead atoms. The van der Waals surface area contributed by atoms with Crippen LogP contribution in [0.5, 0.6) is 5.75 Å². The average Bonchev–Trinajstić information content (AvgIpc) is 2.83. The summed E-state index contributed by atoms with van der Waals surface area (Å²) in [5.74, 6) is -0.278. The standard InChI is InChI=1S/C12H10F3NO2S/c13-12(14,15)18-9-3-1-8(2-4-9)7-10(17)11-16-5-6-19-11/h1-6,10,17H,7H2. The highest BCUT2D eigenvalue weighted by atomic mass is 32.1. The van der Waals surface area contributed by atoms with Crippen LogP contribution in [0.4, 0.5) is 13.2 Å². The normalized spacial score (nSPS) is 13.3. The number of nitrogens with zero attached hydrogens (tertiary/aromatic N) is 1. The molecule has 1 aromatic heterocycles. The van der Waals surface area contributed by atoms with Crippen molar-refractivity contribution in [3.8, 4) is 5.75 Å². The molecule has 0 amide bonds. The largest absolute Gasteiger partial charge is 0.573 e. The number of aliphatic hydroxyl groups excluding tert-OH is 1. The third-order valence-electron chi connectivity index (χ3n) is 2.32. The molecule has 0 saturated heterocycles. The molecule has 3 nitrogen and oxygen atoms in total. The van der Waals surface area contributed by atoms with Gasteiger partial charge in [-0.05, 0) is 17.7 Å². The Morgan fingerprint density at radius 2 is 1.95 bits per heavy atom. The number of ether oxygens (including phenoxy) is 1. The van der Waals surface area contributed by atoms with E-state index in [-0.39, 0.29) is 5.75 Å². The molecule has 1 atom stereocenters. The zero-order valence-electron chi connectivity index (χ0n) is 9.59. The summed E-state index contributed by atoms with van der Waals surface area (Å²) in [7, 11) is 0. The third kappa shape index (κ3) is 4.22. The second-order valence-corrected chi connectivity index (χ2v) is 4.71. The van der Waals surface area contributed by atoms with Gasteiger partial charge in [-0.15, -0.1) is 24.5 Å². The Morgan fingerprint density at radius 3 is 2.47 bits per heavy atom. The van der Waals surface area contributed by atoms with Crippen LogP contribution in [0.3, 0.4) is 0 Å². The molecule has 19 heavy (non-hydrogen) atoms. The molecule has 0 aliphatic heterocycles. The van der Waals surface area contributed by atoms with Crippen LogP contribution in [0.1, 0.15) is 16.7 Å². The first kappa shape index (κ1) is 13.8. The van der Waals surface area contributed by atoms with Gasteiger partial charge in [0.1, 0.15) is 16.9 Å². The van der Waals surface area contributed by atoms with E-state index >= 15 is 0 Å². The summed E-state index contributed by atoms with van der Waals surface area (Å²) in [6.07, 6.45) is -3.57. The fraction of sp³-hybridized carbons (Fsp3) is 0.250. The molecule has 2 aromatic rings. The van der Waals surface area contributed by atoms with E-state index in [1.165, 1.54) is 35.6 Å². The number of aliphatic hydroxyl groups is 1. The van der Waals surface area contributed by atoms with Crippen LogP contribution in [0.25, 0.3) is 0 Å². The molecule has 0 radical (unpaired) electrons. The Kier molecular flexibility index (Phi) is 4.06. The Labute approximate surface area is 111 Å². The van der Waals surface area contributed by atoms with E-state index in [1.807, 2.05) is 0 Å². The van der Waals surface area contributed by atoms with Crippen molar-refractivity contribution in [3.63, 3.8) is 0 Å². The van der Waals surface area contributed by atoms with Crippen LogP contribution >= 0.6 is 11.3 Å². The second-order valence-electron chi connectivity index (χ2n) is 3.78. The Morgan fingerprint density at radius 1 is 1.26 bits per heavy atom. The molecular formula is C12H10F3NO2S. The maximum absolute atomic E-state index is 12.0. The van der Waals surface area contributed by atoms with Crippen LogP contribution in [0.15, 0.2) is 35.8 Å². The van der Waals surface area contributed by atoms with E-state index in [2.05, 4.69) is 9.72 Å². The smallest absolute Gasteiger partial charge is 0.406 e. The fourth-order valence-electron chi connectivity index (χ4n) is 1.54. The number of halogens is 3. The summed E-state index contributed by atoms with van der Waals surface area (Å²) < 4.78 is 39.7. The SMILES string of the molecule is OC(Cc1ccc(OC(F)(F)F)cc1)c1nccs1. The van der Waals surface area contributed by atoms with Gasteiger partial charge in [-0.2, -0.15) is 0 Å². The van der Waals surface area contributed by atoms with Crippen molar-refractivity contribution >= 4 is 11.3 Å². The van der Waals surface area contributed by atoms with Crippen LogP contribution in [-0.4, -0.2) is 16.5 Å². The lowest BCUT2D eigenvalue weighted by atomic mass is 10.1. The molecule has 1 aromatic carbocycles. The van der Waals surface area contributed by atoms with Gasteiger partial charge in [-0.3, -0.25) is 0 Å². The van der Waals surface area contributed by atoms with E-state index in [4.69, 9.17) is 0 Å². The number of alkyl halides is 3. The Hall–Kier alpha value is -1.60. The minimum atomic E-state index is -4.69. The van der Waals surface area contributed by atoms with E-state index in [9.17, 15) is 18.3 Å². The summed E-state index contributed by atoms with van der Waals surface area (Å²) in [5, 5.41) is 12.2. The van der Waals surface area contributed by atoms with Gasteiger partial charge in [-0.25, -0.2) is 4.98 Å². The number of hydrogen-bond acceptors (Lipinski definition) is 4. The monoisotopic (exact) mass is 289 g/mol. The lowest BCUT2D eigenvalue weighted by Gasteiger charge is -2.10. The molecule has 2 rings (SSSR count). The van der Waals surface area contributed by atoms with E-state index in [0.717, 1.165) is 0 Å². The Bertz CT molecular complexity index is 511. The van der Waals surface area contributed by atoms with Crippen molar-refractivity contribution < 1.29 is 23.0 Å². The molecular weight excluding hydrogens is 279 g/mol. The third-order valence-corrected chi connectivity index (χ3v) is 3.20. The van der Waals surface area contributed by atoms with Crippen LogP contribution < -0.4 is 4.74 Å². The first-order chi connectivity index (χ1) is 8.94. The highest BCUT2D eigenvalue weighted by Gasteiger charge is 2.30. The summed E-state index contributed by atoms with van der Waals surface area (Å²) >= 11 is 1.33. The molecule has 0 aliphatic carbocycles. The predicted octanol–water partition coefficient (Wildman–Crippen LogP) is 3.32. The molecule has 1 unspecified atom stereocenters. The topological polar surface area (TPSA) is 42.4 Å². The number of rotatable bonds is 4. The number of aromatic nitrogens is 1. The minimum absolute atomic E-state index is 0.278. The highest BCUT2D eigenvalue weighted by molar-refractivity contribution is 7.09. The first-order valence-corrected chi connectivity index (χ1v) is 6.24. The molecule has 0 aliphatic rings. The van der Waals surface area contributed by atoms with Crippen molar-refractivity contribution in [3.05, 3.63) is 46.4 Å². The van der Waals surface area contributed by atoms with Gasteiger partial charge in [-0.1, -0.05) is 12.1 Å². The van der Waals surface area contributed by atoms with Crippen molar-refractivity contribution in [1.82, 2.24) is 4.98 Å². The van der Waals surface area contributed by atoms with Gasteiger partial charge >= 0.3 is 6.36 Å². The minimum Gasteiger partial charge on any atom is -0.406 e. The van der Waals surface area contributed by atoms with E-state index < -0.39 is 12.5 Å². The van der Waals surface area contributed by atoms with Gasteiger partial charge in [0.25, 0.3) is 0 Å². The van der Waals surface area contributed by atoms with Crippen molar-refractivity contribution in [2.45, 2.75) is 18.9 Å². The predicted molar refractivity (Wildman–Crippen MR) is 63.9 cm³/mol. The molecule has 7 heteroatoms. The van der Waals surface area contributed by atoms with Crippen LogP contribution in [0.2, 0.25) is 0 Å². The summed E-state index contributed by atoms with van der Waals surface area (Å²) in [5.41, 5.74) is 0.706. The molecule has 0 spiro atoms. The lowest BCUT2D eigenvalue weighted by Crippen LogP contribution is -2.17. The zero-order chi connectivity index (χ0) is 13.9. The number of hydrogen-bond donors (Lipinski definition) is 1. The van der Waals surface area contributed by atoms with Gasteiger partial charge in [0.15, 0.2) is 0 Å². The lowest BCUT2D eigenvalue weighted by molar-refractivity contribution is -0.274. The summed E-state index contributed by atoms with van der Waals surface area (Å²) in [6.45, 7) is 0. The fourth-order valence-corrected chi connectivity index (χ4v) is 2.16. The Balaban J connectivity index is 1.99. The van der Waals surface area contributed by atoms with E-state index in [0.29, 0.717) is 17.0 Å². The molecule has 0 saturated carbocycles. The molecule has 1 heterocycles. The van der Waals surface area contributed by atoms with Crippen molar-refractivity contribution in [1.29, 1.82) is 0 Å². The summed E-state index contributed by atoms with van der Waals surface area (Å²) in [6, 6.07) is 5.41. The maximum Gasteiger partial charge on any atom is 0.573 e. The van der Waals surface area contributed by atoms with Crippen LogP contribution in [-0.2, 0) is 6.42 Å². The van der Waals surface area contributed by atoms with Gasteiger partial charge < -0.3 is 9.84 Å². The van der Waals surface area contributed by atoms with Crippen molar-refractivity contribution in [2.75, 3.05) is 0 Å². The van der Waals surface area contributed by atoms with Crippen LogP contribution in [0, 0.1) is 0 Å². The number of benzene rings is 1. The summed E-state index contributed by atoms with van der Waals surface area (Å²) in [4.78, 5) is 3.97. The van der Waals surface area contributed by atoms with Gasteiger partial charge in [0, 0.05) is 18.0 Å². The molecule has 102 valence electrons. The average molecular weight is 289 g/mol. The maximum atomic E-state index is 12.0. The number of thiazole rings is 1. The molecule has 1 N–H and O–H groups in total.